The summed E-state index contributed by atoms with van der Waals surface area (Å²) in [6.07, 6.45) is 0. The molecule has 2 N–H and O–H groups in total. The van der Waals surface area contributed by atoms with Crippen molar-refractivity contribution in [1.82, 2.24) is 10.6 Å². The SMILES string of the molecule is CCNC(=NCCS(=O)(=O)c1ccc(Br)cc1)NC(C)c1ccccc1.I. The van der Waals surface area contributed by atoms with E-state index in [1.165, 1.54) is 0 Å². The van der Waals surface area contributed by atoms with Crippen molar-refractivity contribution in [3.05, 3.63) is 64.6 Å². The number of rotatable bonds is 7. The van der Waals surface area contributed by atoms with Gasteiger partial charge in [0.15, 0.2) is 15.8 Å². The molecule has 0 aliphatic heterocycles. The summed E-state index contributed by atoms with van der Waals surface area (Å²) in [4.78, 5) is 4.72. The first-order valence-corrected chi connectivity index (χ1v) is 10.9. The van der Waals surface area contributed by atoms with Crippen molar-refractivity contribution in [2.75, 3.05) is 18.8 Å². The molecule has 148 valence electrons. The summed E-state index contributed by atoms with van der Waals surface area (Å²) in [6, 6.07) is 16.8. The molecule has 0 saturated carbocycles. The molecule has 0 saturated heterocycles. The van der Waals surface area contributed by atoms with E-state index in [0.29, 0.717) is 17.4 Å². The van der Waals surface area contributed by atoms with Crippen LogP contribution >= 0.6 is 39.9 Å². The van der Waals surface area contributed by atoms with Gasteiger partial charge < -0.3 is 10.6 Å². The van der Waals surface area contributed by atoms with Gasteiger partial charge >= 0.3 is 0 Å². The summed E-state index contributed by atoms with van der Waals surface area (Å²) in [5.41, 5.74) is 1.14. The number of nitrogens with one attached hydrogen (secondary N) is 2. The Balaban J connectivity index is 0.00000364. The van der Waals surface area contributed by atoms with Gasteiger partial charge in [-0.1, -0.05) is 46.3 Å². The third-order valence-electron chi connectivity index (χ3n) is 3.80. The Morgan fingerprint density at radius 1 is 1.11 bits per heavy atom. The number of hydrogen-bond donors (Lipinski definition) is 2. The topological polar surface area (TPSA) is 70.6 Å². The number of sulfone groups is 1. The van der Waals surface area contributed by atoms with E-state index in [1.807, 2.05) is 44.2 Å². The van der Waals surface area contributed by atoms with Gasteiger partial charge in [-0.3, -0.25) is 4.99 Å². The third kappa shape index (κ3) is 7.79. The van der Waals surface area contributed by atoms with Gasteiger partial charge in [-0.05, 0) is 43.7 Å². The highest BCUT2D eigenvalue weighted by atomic mass is 127. The molecule has 1 unspecified atom stereocenters. The van der Waals surface area contributed by atoms with Gasteiger partial charge in [-0.2, -0.15) is 0 Å². The summed E-state index contributed by atoms with van der Waals surface area (Å²) in [5, 5.41) is 6.46. The number of halogens is 2. The van der Waals surface area contributed by atoms with Gasteiger partial charge in [-0.15, -0.1) is 24.0 Å². The molecule has 2 rings (SSSR count). The highest BCUT2D eigenvalue weighted by molar-refractivity contribution is 14.0. The van der Waals surface area contributed by atoms with Crippen LogP contribution in [0.1, 0.15) is 25.5 Å². The van der Waals surface area contributed by atoms with E-state index in [1.54, 1.807) is 24.3 Å². The highest BCUT2D eigenvalue weighted by Crippen LogP contribution is 2.16. The highest BCUT2D eigenvalue weighted by Gasteiger charge is 2.14. The van der Waals surface area contributed by atoms with Crippen LogP contribution < -0.4 is 10.6 Å². The van der Waals surface area contributed by atoms with E-state index >= 15 is 0 Å². The van der Waals surface area contributed by atoms with Crippen LogP contribution in [0.5, 0.6) is 0 Å². The second-order valence-corrected chi connectivity index (χ2v) is 8.83. The van der Waals surface area contributed by atoms with Crippen LogP contribution in [0.25, 0.3) is 0 Å². The van der Waals surface area contributed by atoms with Gasteiger partial charge in [0.05, 0.1) is 23.2 Å². The zero-order valence-electron chi connectivity index (χ0n) is 15.4. The lowest BCUT2D eigenvalue weighted by Gasteiger charge is -2.18. The van der Waals surface area contributed by atoms with Crippen LogP contribution in [0, 0.1) is 0 Å². The Labute approximate surface area is 187 Å². The fourth-order valence-electron chi connectivity index (χ4n) is 2.39. The van der Waals surface area contributed by atoms with Crippen LogP contribution in [0.2, 0.25) is 0 Å². The Hall–Kier alpha value is -1.13. The molecule has 0 fully saturated rings. The molecule has 27 heavy (non-hydrogen) atoms. The molecule has 2 aromatic rings. The minimum Gasteiger partial charge on any atom is -0.357 e. The number of benzene rings is 2. The van der Waals surface area contributed by atoms with E-state index in [9.17, 15) is 8.42 Å². The minimum atomic E-state index is -3.35. The maximum atomic E-state index is 12.4. The number of guanidine groups is 1. The first-order valence-electron chi connectivity index (χ1n) is 8.50. The van der Waals surface area contributed by atoms with E-state index in [2.05, 4.69) is 31.6 Å². The monoisotopic (exact) mass is 565 g/mol. The number of hydrogen-bond acceptors (Lipinski definition) is 3. The standard InChI is InChI=1S/C19H24BrN3O2S.HI/c1-3-21-19(23-15(2)16-7-5-4-6-8-16)22-13-14-26(24,25)18-11-9-17(20)10-12-18;/h4-12,15H,3,13-14H2,1-2H3,(H2,21,22,23);1H. The van der Waals surface area contributed by atoms with Crippen LogP contribution in [0.3, 0.4) is 0 Å². The van der Waals surface area contributed by atoms with E-state index < -0.39 is 9.84 Å². The molecule has 0 aliphatic rings. The predicted octanol–water partition coefficient (Wildman–Crippen LogP) is 4.16. The minimum absolute atomic E-state index is 0. The van der Waals surface area contributed by atoms with Gasteiger partial charge in [0, 0.05) is 11.0 Å². The lowest BCUT2D eigenvalue weighted by atomic mass is 10.1. The summed E-state index contributed by atoms with van der Waals surface area (Å²) < 4.78 is 25.7. The largest absolute Gasteiger partial charge is 0.357 e. The first-order chi connectivity index (χ1) is 12.4. The molecule has 0 spiro atoms. The molecule has 8 heteroatoms. The number of aliphatic imine (C=N–C) groups is 1. The molecular formula is C19H25BrIN3O2S. The Morgan fingerprint density at radius 2 is 1.74 bits per heavy atom. The molecular weight excluding hydrogens is 541 g/mol. The number of nitrogens with zero attached hydrogens (tertiary/aromatic N) is 1. The smallest absolute Gasteiger partial charge is 0.191 e. The fourth-order valence-corrected chi connectivity index (χ4v) is 3.77. The van der Waals surface area contributed by atoms with Crippen molar-refractivity contribution in [2.24, 2.45) is 4.99 Å². The zero-order valence-corrected chi connectivity index (χ0v) is 20.1. The van der Waals surface area contributed by atoms with E-state index in [0.717, 1.165) is 10.0 Å². The Morgan fingerprint density at radius 3 is 2.33 bits per heavy atom. The predicted molar refractivity (Wildman–Crippen MR) is 126 cm³/mol. The lowest BCUT2D eigenvalue weighted by Crippen LogP contribution is -2.39. The molecule has 0 amide bonds. The van der Waals surface area contributed by atoms with Crippen molar-refractivity contribution in [3.8, 4) is 0 Å². The first kappa shape index (κ1) is 23.9. The summed E-state index contributed by atoms with van der Waals surface area (Å²) >= 11 is 3.31. The quantitative estimate of drug-likeness (QED) is 0.300. The second kappa shape index (κ2) is 11.7. The van der Waals surface area contributed by atoms with Gasteiger partial charge in [0.25, 0.3) is 0 Å². The fraction of sp³-hybridized carbons (Fsp3) is 0.316. The zero-order chi connectivity index (χ0) is 19.0. The maximum Gasteiger partial charge on any atom is 0.191 e. The molecule has 1 atom stereocenters. The van der Waals surface area contributed by atoms with E-state index in [4.69, 9.17) is 0 Å². The molecule has 0 aliphatic carbocycles. The van der Waals surface area contributed by atoms with Crippen molar-refractivity contribution < 1.29 is 8.42 Å². The lowest BCUT2D eigenvalue weighted by molar-refractivity contribution is 0.595. The van der Waals surface area contributed by atoms with Gasteiger partial charge in [0.2, 0.25) is 0 Å². The Bertz CT molecular complexity index is 828. The van der Waals surface area contributed by atoms with Crippen LogP contribution in [-0.4, -0.2) is 33.2 Å². The Kier molecular flexibility index (Phi) is 10.3. The summed E-state index contributed by atoms with van der Waals surface area (Å²) in [7, 11) is -3.35. The third-order valence-corrected chi connectivity index (χ3v) is 6.04. The summed E-state index contributed by atoms with van der Waals surface area (Å²) in [5.74, 6) is 0.570. The molecule has 0 bridgehead atoms. The second-order valence-electron chi connectivity index (χ2n) is 5.81. The molecule has 5 nitrogen and oxygen atoms in total. The van der Waals surface area contributed by atoms with Crippen molar-refractivity contribution in [1.29, 1.82) is 0 Å². The molecule has 2 aromatic carbocycles. The van der Waals surface area contributed by atoms with Crippen LogP contribution in [-0.2, 0) is 9.84 Å². The van der Waals surface area contributed by atoms with Crippen molar-refractivity contribution >= 4 is 55.7 Å². The van der Waals surface area contributed by atoms with Crippen molar-refractivity contribution in [2.45, 2.75) is 24.8 Å². The normalized spacial score (nSPS) is 12.8. The van der Waals surface area contributed by atoms with Crippen molar-refractivity contribution in [3.63, 3.8) is 0 Å². The molecule has 0 radical (unpaired) electrons. The maximum absolute atomic E-state index is 12.4. The molecule has 0 aromatic heterocycles. The molecule has 0 heterocycles. The van der Waals surface area contributed by atoms with Gasteiger partial charge in [0.1, 0.15) is 0 Å². The van der Waals surface area contributed by atoms with Gasteiger partial charge in [-0.25, -0.2) is 8.42 Å². The average Bonchev–Trinajstić information content (AvgIpc) is 2.63. The summed E-state index contributed by atoms with van der Waals surface area (Å²) in [6.45, 7) is 4.91. The average molecular weight is 566 g/mol. The van der Waals surface area contributed by atoms with E-state index in [-0.39, 0.29) is 42.3 Å². The van der Waals surface area contributed by atoms with Crippen LogP contribution in [0.15, 0.2) is 69.0 Å². The van der Waals surface area contributed by atoms with Crippen LogP contribution in [0.4, 0.5) is 0 Å².